The number of hydrogen-bond donors (Lipinski definition) is 4. The number of aliphatic imine (C=N–C) groups is 1. The van der Waals surface area contributed by atoms with E-state index in [1.807, 2.05) is 0 Å². The van der Waals surface area contributed by atoms with Crippen LogP contribution in [0.3, 0.4) is 0 Å². The van der Waals surface area contributed by atoms with Crippen LogP contribution in [-0.2, 0) is 15.8 Å². The van der Waals surface area contributed by atoms with Gasteiger partial charge in [-0.25, -0.2) is 9.37 Å². The molecule has 45 heavy (non-hydrogen) atoms. The molecule has 10 nitrogen and oxygen atoms in total. The van der Waals surface area contributed by atoms with Gasteiger partial charge in [-0.3, -0.25) is 14.6 Å². The van der Waals surface area contributed by atoms with Crippen LogP contribution in [0.1, 0.15) is 65.3 Å². The van der Waals surface area contributed by atoms with E-state index >= 15 is 4.39 Å². The third-order valence-corrected chi connectivity index (χ3v) is 9.15. The lowest BCUT2D eigenvalue weighted by molar-refractivity contribution is -0.123. The monoisotopic (exact) mass is 635 g/mol. The molecule has 0 unspecified atom stereocenters. The lowest BCUT2D eigenvalue weighted by Gasteiger charge is -2.30. The lowest BCUT2D eigenvalue weighted by Crippen LogP contribution is -2.44. The standard InChI is InChI=1S/C33H35ClFN5O5/c1-16-8-20(34)11-22(26(16)35)28-29-23(32(2,15-45-29)31(37)42)12-25(40-28)33(43,19-4-5-19)14-39-30(41)17-9-18(13-38-21-6-7-21)27(36)24(10-17)44-3/h8-13,19,21,43H,4-7,14-15,36H2,1-3H3,(H2,37,42)(H,39,41)/t32-,33+/m0/s1. The minimum Gasteiger partial charge on any atom is -0.495 e. The molecular formula is C33H35ClFN5O5. The molecule has 2 heterocycles. The molecular weight excluding hydrogens is 601 g/mol. The topological polar surface area (TPSA) is 162 Å². The fourth-order valence-corrected chi connectivity index (χ4v) is 5.95. The van der Waals surface area contributed by atoms with E-state index in [2.05, 4.69) is 10.3 Å². The molecule has 2 saturated carbocycles. The third-order valence-electron chi connectivity index (χ3n) is 8.93. The summed E-state index contributed by atoms with van der Waals surface area (Å²) < 4.78 is 26.9. The van der Waals surface area contributed by atoms with Gasteiger partial charge in [0.15, 0.2) is 0 Å². The van der Waals surface area contributed by atoms with E-state index in [9.17, 15) is 14.7 Å². The Hall–Kier alpha value is -4.22. The fourth-order valence-electron chi connectivity index (χ4n) is 5.68. The molecule has 0 radical (unpaired) electrons. The first kappa shape index (κ1) is 30.8. The predicted molar refractivity (Wildman–Crippen MR) is 168 cm³/mol. The molecule has 3 aliphatic rings. The smallest absolute Gasteiger partial charge is 0.251 e. The molecule has 2 amide bonds. The number of benzene rings is 2. The van der Waals surface area contributed by atoms with Gasteiger partial charge in [-0.05, 0) is 81.3 Å². The van der Waals surface area contributed by atoms with Crippen molar-refractivity contribution in [2.75, 3.05) is 26.0 Å². The molecule has 236 valence electrons. The van der Waals surface area contributed by atoms with Crippen LogP contribution < -0.4 is 26.3 Å². The highest BCUT2D eigenvalue weighted by molar-refractivity contribution is 6.31. The Balaban J connectivity index is 1.40. The number of hydrogen-bond acceptors (Lipinski definition) is 8. The van der Waals surface area contributed by atoms with Gasteiger partial charge in [0.05, 0.1) is 31.1 Å². The van der Waals surface area contributed by atoms with Gasteiger partial charge in [0.1, 0.15) is 40.6 Å². The zero-order chi connectivity index (χ0) is 32.3. The van der Waals surface area contributed by atoms with Crippen LogP contribution in [-0.4, -0.2) is 54.4 Å². The number of aromatic nitrogens is 1. The Labute approximate surface area is 265 Å². The second kappa shape index (κ2) is 11.3. The van der Waals surface area contributed by atoms with E-state index in [0.29, 0.717) is 41.0 Å². The van der Waals surface area contributed by atoms with E-state index in [4.69, 9.17) is 37.5 Å². The zero-order valence-electron chi connectivity index (χ0n) is 25.2. The summed E-state index contributed by atoms with van der Waals surface area (Å²) in [6, 6.07) is 7.91. The first-order valence-corrected chi connectivity index (χ1v) is 15.2. The molecule has 2 aromatic carbocycles. The van der Waals surface area contributed by atoms with Crippen molar-refractivity contribution in [3.63, 3.8) is 0 Å². The van der Waals surface area contributed by atoms with Crippen LogP contribution in [0.15, 0.2) is 35.3 Å². The second-order valence-electron chi connectivity index (χ2n) is 12.4. The fraction of sp³-hybridized carbons (Fsp3) is 0.394. The SMILES string of the molecule is COc1cc(C(=O)NC[C@](O)(c2cc3c(c(-c4cc(Cl)cc(C)c4F)n2)OC[C@]3(C)C(N)=O)C2CC2)cc(C=NC2CC2)c1N. The highest BCUT2D eigenvalue weighted by Crippen LogP contribution is 2.50. The molecule has 2 atom stereocenters. The number of nitrogens with two attached hydrogens (primary N) is 2. The molecule has 1 aliphatic heterocycles. The van der Waals surface area contributed by atoms with Crippen molar-refractivity contribution in [3.05, 3.63) is 69.1 Å². The van der Waals surface area contributed by atoms with Crippen molar-refractivity contribution >= 4 is 35.3 Å². The summed E-state index contributed by atoms with van der Waals surface area (Å²) in [7, 11) is 1.46. The van der Waals surface area contributed by atoms with E-state index in [1.165, 1.54) is 25.3 Å². The third kappa shape index (κ3) is 5.59. The molecule has 2 fully saturated rings. The maximum atomic E-state index is 15.6. The van der Waals surface area contributed by atoms with E-state index in [0.717, 1.165) is 12.8 Å². The summed E-state index contributed by atoms with van der Waals surface area (Å²) >= 11 is 6.31. The van der Waals surface area contributed by atoms with Crippen molar-refractivity contribution in [1.82, 2.24) is 10.3 Å². The molecule has 2 aliphatic carbocycles. The summed E-state index contributed by atoms with van der Waals surface area (Å²) in [5.74, 6) is -1.43. The predicted octanol–water partition coefficient (Wildman–Crippen LogP) is 4.18. The first-order chi connectivity index (χ1) is 21.4. The number of methoxy groups -OCH3 is 1. The Kier molecular flexibility index (Phi) is 7.73. The van der Waals surface area contributed by atoms with Gasteiger partial charge in [0, 0.05) is 33.5 Å². The number of carbonyl (C=O) groups excluding carboxylic acids is 2. The number of aliphatic hydroxyl groups is 1. The maximum absolute atomic E-state index is 15.6. The lowest BCUT2D eigenvalue weighted by atomic mass is 9.81. The maximum Gasteiger partial charge on any atom is 0.251 e. The van der Waals surface area contributed by atoms with Crippen LogP contribution in [0.25, 0.3) is 11.3 Å². The molecule has 12 heteroatoms. The second-order valence-corrected chi connectivity index (χ2v) is 12.8. The van der Waals surface area contributed by atoms with Crippen LogP contribution in [0.5, 0.6) is 11.5 Å². The molecule has 0 spiro atoms. The summed E-state index contributed by atoms with van der Waals surface area (Å²) in [5, 5.41) is 15.4. The first-order valence-electron chi connectivity index (χ1n) is 14.8. The Morgan fingerprint density at radius 3 is 2.64 bits per heavy atom. The number of carbonyl (C=O) groups is 2. The van der Waals surface area contributed by atoms with Crippen LogP contribution in [0, 0.1) is 18.7 Å². The normalized spacial score (nSPS) is 20.4. The van der Waals surface area contributed by atoms with Crippen LogP contribution in [0.2, 0.25) is 5.02 Å². The van der Waals surface area contributed by atoms with Gasteiger partial charge >= 0.3 is 0 Å². The number of ether oxygens (including phenoxy) is 2. The number of rotatable bonds is 10. The summed E-state index contributed by atoms with van der Waals surface area (Å²) in [6.07, 6.45) is 5.02. The van der Waals surface area contributed by atoms with Crippen molar-refractivity contribution in [2.45, 2.75) is 56.6 Å². The Morgan fingerprint density at radius 1 is 1.27 bits per heavy atom. The minimum atomic E-state index is -1.67. The highest BCUT2D eigenvalue weighted by Gasteiger charge is 2.50. The van der Waals surface area contributed by atoms with E-state index in [-0.39, 0.29) is 58.4 Å². The largest absolute Gasteiger partial charge is 0.495 e. The molecule has 0 bridgehead atoms. The number of halogens is 2. The highest BCUT2D eigenvalue weighted by atomic mass is 35.5. The quantitative estimate of drug-likeness (QED) is 0.192. The summed E-state index contributed by atoms with van der Waals surface area (Å²) in [6.45, 7) is 2.91. The van der Waals surface area contributed by atoms with Crippen molar-refractivity contribution in [1.29, 1.82) is 0 Å². The number of anilines is 1. The van der Waals surface area contributed by atoms with Gasteiger partial charge in [0.25, 0.3) is 5.91 Å². The van der Waals surface area contributed by atoms with Gasteiger partial charge in [-0.15, -0.1) is 0 Å². The van der Waals surface area contributed by atoms with Crippen molar-refractivity contribution in [2.24, 2.45) is 16.6 Å². The number of nitrogens with zero attached hydrogens (tertiary/aromatic N) is 2. The number of pyridine rings is 1. The summed E-state index contributed by atoms with van der Waals surface area (Å²) in [5.41, 5.74) is 11.3. The molecule has 1 aromatic heterocycles. The number of nitrogens with one attached hydrogen (secondary N) is 1. The van der Waals surface area contributed by atoms with E-state index < -0.39 is 28.6 Å². The van der Waals surface area contributed by atoms with Crippen LogP contribution >= 0.6 is 11.6 Å². The average Bonchev–Trinajstić information content (AvgIpc) is 3.95. The van der Waals surface area contributed by atoms with Gasteiger partial charge in [0.2, 0.25) is 5.91 Å². The van der Waals surface area contributed by atoms with Crippen LogP contribution in [0.4, 0.5) is 10.1 Å². The molecule has 0 saturated heterocycles. The molecule has 6 N–H and O–H groups in total. The number of amides is 2. The number of primary amides is 1. The Bertz CT molecular complexity index is 1760. The number of fused-ring (bicyclic) bond motifs is 1. The van der Waals surface area contributed by atoms with Gasteiger partial charge in [-0.1, -0.05) is 11.6 Å². The molecule has 3 aromatic rings. The minimum absolute atomic E-state index is 0.0587. The number of aryl methyl sites for hydroxylation is 1. The van der Waals surface area contributed by atoms with Crippen molar-refractivity contribution in [3.8, 4) is 22.8 Å². The van der Waals surface area contributed by atoms with E-state index in [1.54, 1.807) is 32.2 Å². The molecule has 6 rings (SSSR count). The van der Waals surface area contributed by atoms with Gasteiger partial charge in [-0.2, -0.15) is 0 Å². The zero-order valence-corrected chi connectivity index (χ0v) is 26.0. The summed E-state index contributed by atoms with van der Waals surface area (Å²) in [4.78, 5) is 35.4. The Morgan fingerprint density at radius 2 is 2.00 bits per heavy atom. The van der Waals surface area contributed by atoms with Gasteiger partial charge < -0.3 is 31.4 Å². The average molecular weight is 636 g/mol. The van der Waals surface area contributed by atoms with Crippen molar-refractivity contribution < 1.29 is 28.6 Å². The number of nitrogen functional groups attached to an aromatic ring is 1.